The minimum absolute atomic E-state index is 0.0183. The Balaban J connectivity index is 1.66. The first-order chi connectivity index (χ1) is 14.0. The van der Waals surface area contributed by atoms with E-state index in [1.807, 2.05) is 37.2 Å². The molecule has 1 aromatic carbocycles. The minimum Gasteiger partial charge on any atom is -0.356 e. The van der Waals surface area contributed by atoms with Crippen molar-refractivity contribution in [2.75, 3.05) is 38.1 Å². The minimum atomic E-state index is -0.113. The maximum atomic E-state index is 12.7. The van der Waals surface area contributed by atoms with E-state index in [0.717, 1.165) is 11.3 Å². The molecule has 0 radical (unpaired) electrons. The van der Waals surface area contributed by atoms with Gasteiger partial charge in [-0.1, -0.05) is 12.1 Å². The lowest BCUT2D eigenvalue weighted by molar-refractivity contribution is -0.120. The number of aromatic nitrogens is 2. The zero-order valence-corrected chi connectivity index (χ0v) is 17.1. The number of guanidine groups is 1. The summed E-state index contributed by atoms with van der Waals surface area (Å²) in [6, 6.07) is 7.35. The molecule has 0 spiro atoms. The standard InChI is InChI=1S/C20H27N7O2/c1-4-22-20(23-11-15-5-7-16(8-6-15)19(29)21-2)26-9-10-27(18(28)14-26)17-12-24-25(3)13-17/h5-8,12-13H,4,9-11,14H2,1-3H3,(H,21,29)(H,22,23). The number of carbonyl (C=O) groups is 2. The highest BCUT2D eigenvalue weighted by molar-refractivity contribution is 5.98. The first-order valence-corrected chi connectivity index (χ1v) is 9.65. The number of piperazine rings is 1. The van der Waals surface area contributed by atoms with Crippen molar-refractivity contribution in [3.63, 3.8) is 0 Å². The van der Waals surface area contributed by atoms with Crippen LogP contribution in [-0.2, 0) is 18.4 Å². The van der Waals surface area contributed by atoms with Gasteiger partial charge in [0.25, 0.3) is 5.91 Å². The van der Waals surface area contributed by atoms with Gasteiger partial charge in [0.2, 0.25) is 5.91 Å². The summed E-state index contributed by atoms with van der Waals surface area (Å²) >= 11 is 0. The van der Waals surface area contributed by atoms with Gasteiger partial charge in [0.1, 0.15) is 6.54 Å². The predicted molar refractivity (Wildman–Crippen MR) is 112 cm³/mol. The Kier molecular flexibility index (Phi) is 6.48. The molecule has 3 rings (SSSR count). The molecule has 0 saturated carbocycles. The number of aliphatic imine (C=N–C) groups is 1. The highest BCUT2D eigenvalue weighted by Gasteiger charge is 2.27. The number of hydrogen-bond acceptors (Lipinski definition) is 4. The van der Waals surface area contributed by atoms with Crippen LogP contribution >= 0.6 is 0 Å². The van der Waals surface area contributed by atoms with Crippen LogP contribution in [0, 0.1) is 0 Å². The van der Waals surface area contributed by atoms with E-state index in [1.54, 1.807) is 35.0 Å². The predicted octanol–water partition coefficient (Wildman–Crippen LogP) is 0.594. The maximum absolute atomic E-state index is 12.7. The van der Waals surface area contributed by atoms with Crippen LogP contribution in [0.25, 0.3) is 0 Å². The first kappa shape index (κ1) is 20.4. The van der Waals surface area contributed by atoms with E-state index in [-0.39, 0.29) is 18.4 Å². The number of rotatable bonds is 5. The lowest BCUT2D eigenvalue weighted by Crippen LogP contribution is -2.55. The molecule has 9 nitrogen and oxygen atoms in total. The fraction of sp³-hybridized carbons (Fsp3) is 0.400. The van der Waals surface area contributed by atoms with Crippen LogP contribution in [0.3, 0.4) is 0 Å². The van der Waals surface area contributed by atoms with Crippen LogP contribution in [0.4, 0.5) is 5.69 Å². The van der Waals surface area contributed by atoms with Crippen LogP contribution in [0.15, 0.2) is 41.7 Å². The third-order valence-electron chi connectivity index (χ3n) is 4.71. The van der Waals surface area contributed by atoms with Gasteiger partial charge in [-0.05, 0) is 24.6 Å². The molecule has 0 unspecified atom stereocenters. The van der Waals surface area contributed by atoms with Gasteiger partial charge in [0, 0.05) is 45.5 Å². The van der Waals surface area contributed by atoms with E-state index in [4.69, 9.17) is 0 Å². The number of nitrogens with one attached hydrogen (secondary N) is 2. The second-order valence-corrected chi connectivity index (χ2v) is 6.79. The summed E-state index contributed by atoms with van der Waals surface area (Å²) < 4.78 is 1.69. The van der Waals surface area contributed by atoms with Gasteiger partial charge in [-0.25, -0.2) is 4.99 Å². The Morgan fingerprint density at radius 2 is 2.00 bits per heavy atom. The van der Waals surface area contributed by atoms with Gasteiger partial charge in [-0.3, -0.25) is 14.3 Å². The van der Waals surface area contributed by atoms with E-state index in [9.17, 15) is 9.59 Å². The Labute approximate surface area is 170 Å². The van der Waals surface area contributed by atoms with Crippen LogP contribution in [0.2, 0.25) is 0 Å². The molecule has 2 aromatic rings. The van der Waals surface area contributed by atoms with E-state index >= 15 is 0 Å². The fourth-order valence-corrected chi connectivity index (χ4v) is 3.17. The highest BCUT2D eigenvalue weighted by atomic mass is 16.2. The molecule has 2 N–H and O–H groups in total. The summed E-state index contributed by atoms with van der Waals surface area (Å²) in [6.07, 6.45) is 3.55. The van der Waals surface area contributed by atoms with E-state index in [0.29, 0.717) is 37.7 Å². The van der Waals surface area contributed by atoms with Gasteiger partial charge >= 0.3 is 0 Å². The number of aryl methyl sites for hydroxylation is 1. The van der Waals surface area contributed by atoms with Crippen LogP contribution in [0.5, 0.6) is 0 Å². The van der Waals surface area contributed by atoms with Gasteiger partial charge in [0.05, 0.1) is 18.4 Å². The Bertz CT molecular complexity index is 888. The van der Waals surface area contributed by atoms with Gasteiger partial charge < -0.3 is 20.4 Å². The van der Waals surface area contributed by atoms with Crippen molar-refractivity contribution in [2.45, 2.75) is 13.5 Å². The van der Waals surface area contributed by atoms with Crippen molar-refractivity contribution < 1.29 is 9.59 Å². The van der Waals surface area contributed by atoms with Gasteiger partial charge in [-0.15, -0.1) is 0 Å². The number of carbonyl (C=O) groups excluding carboxylic acids is 2. The summed E-state index contributed by atoms with van der Waals surface area (Å²) in [7, 11) is 3.44. The largest absolute Gasteiger partial charge is 0.356 e. The molecule has 0 atom stereocenters. The smallest absolute Gasteiger partial charge is 0.251 e. The van der Waals surface area contributed by atoms with Gasteiger partial charge in [0.15, 0.2) is 5.96 Å². The zero-order valence-electron chi connectivity index (χ0n) is 17.1. The molecule has 2 heterocycles. The summed E-state index contributed by atoms with van der Waals surface area (Å²) in [5.74, 6) is 0.616. The Hall–Kier alpha value is -3.36. The average molecular weight is 397 g/mol. The number of anilines is 1. The molecular formula is C20H27N7O2. The molecule has 1 aliphatic rings. The second kappa shape index (κ2) is 9.22. The van der Waals surface area contributed by atoms with Crippen molar-refractivity contribution in [3.05, 3.63) is 47.8 Å². The van der Waals surface area contributed by atoms with E-state index in [1.165, 1.54) is 0 Å². The maximum Gasteiger partial charge on any atom is 0.251 e. The van der Waals surface area contributed by atoms with Crippen molar-refractivity contribution in [3.8, 4) is 0 Å². The quantitative estimate of drug-likeness (QED) is 0.569. The molecular weight excluding hydrogens is 370 g/mol. The topological polar surface area (TPSA) is 94.9 Å². The molecule has 9 heteroatoms. The molecule has 1 saturated heterocycles. The molecule has 1 fully saturated rings. The normalized spacial score (nSPS) is 14.9. The highest BCUT2D eigenvalue weighted by Crippen LogP contribution is 2.16. The SMILES string of the molecule is CCNC(=NCc1ccc(C(=O)NC)cc1)N1CCN(c2cnn(C)c2)C(=O)C1. The summed E-state index contributed by atoms with van der Waals surface area (Å²) in [6.45, 7) is 4.70. The first-order valence-electron chi connectivity index (χ1n) is 9.65. The molecule has 0 bridgehead atoms. The summed E-state index contributed by atoms with van der Waals surface area (Å²) in [4.78, 5) is 32.7. The lowest BCUT2D eigenvalue weighted by atomic mass is 10.1. The van der Waals surface area contributed by atoms with Crippen LogP contribution in [-0.4, -0.2) is 65.7 Å². The average Bonchev–Trinajstić information content (AvgIpc) is 3.16. The summed E-state index contributed by atoms with van der Waals surface area (Å²) in [5.41, 5.74) is 2.42. The number of amides is 2. The van der Waals surface area contributed by atoms with Gasteiger partial charge in [-0.2, -0.15) is 5.10 Å². The Morgan fingerprint density at radius 3 is 2.59 bits per heavy atom. The third-order valence-corrected chi connectivity index (χ3v) is 4.71. The third kappa shape index (κ3) is 4.92. The second-order valence-electron chi connectivity index (χ2n) is 6.79. The molecule has 2 amide bonds. The summed E-state index contributed by atoms with van der Waals surface area (Å²) in [5, 5.41) is 10.0. The van der Waals surface area contributed by atoms with Crippen molar-refractivity contribution in [2.24, 2.45) is 12.0 Å². The fourth-order valence-electron chi connectivity index (χ4n) is 3.17. The molecule has 1 aliphatic heterocycles. The van der Waals surface area contributed by atoms with Crippen molar-refractivity contribution in [1.82, 2.24) is 25.3 Å². The van der Waals surface area contributed by atoms with E-state index in [2.05, 4.69) is 20.7 Å². The number of nitrogens with zero attached hydrogens (tertiary/aromatic N) is 5. The van der Waals surface area contributed by atoms with E-state index < -0.39 is 0 Å². The molecule has 154 valence electrons. The van der Waals surface area contributed by atoms with Crippen molar-refractivity contribution in [1.29, 1.82) is 0 Å². The van der Waals surface area contributed by atoms with Crippen LogP contribution < -0.4 is 15.5 Å². The monoisotopic (exact) mass is 397 g/mol. The Morgan fingerprint density at radius 1 is 1.24 bits per heavy atom. The lowest BCUT2D eigenvalue weighted by Gasteiger charge is -2.35. The zero-order chi connectivity index (χ0) is 20.8. The molecule has 1 aromatic heterocycles. The van der Waals surface area contributed by atoms with Crippen molar-refractivity contribution >= 4 is 23.5 Å². The molecule has 0 aliphatic carbocycles. The van der Waals surface area contributed by atoms with Crippen LogP contribution in [0.1, 0.15) is 22.8 Å². The number of hydrogen-bond donors (Lipinski definition) is 2. The molecule has 29 heavy (non-hydrogen) atoms. The number of benzene rings is 1.